The number of rotatable bonds is 2. The van der Waals surface area contributed by atoms with Gasteiger partial charge in [-0.3, -0.25) is 0 Å². The molecule has 0 radical (unpaired) electrons. The average Bonchev–Trinajstić information content (AvgIpc) is 1.99. The second-order valence-electron chi connectivity index (χ2n) is 2.37. The summed E-state index contributed by atoms with van der Waals surface area (Å²) in [5.41, 5.74) is 5.55. The molecule has 2 N–H and O–H groups in total. The van der Waals surface area contributed by atoms with Crippen LogP contribution >= 0.6 is 15.9 Å². The predicted molar refractivity (Wildman–Crippen MR) is 46.5 cm³/mol. The molecule has 0 fully saturated rings. The highest BCUT2D eigenvalue weighted by atomic mass is 79.9. The summed E-state index contributed by atoms with van der Waals surface area (Å²) in [7, 11) is 0. The van der Waals surface area contributed by atoms with E-state index in [0.717, 1.165) is 6.07 Å². The molecule has 1 rings (SSSR count). The Morgan fingerprint density at radius 2 is 2.07 bits per heavy atom. The Morgan fingerprint density at radius 3 is 2.57 bits per heavy atom. The first-order valence-electron chi connectivity index (χ1n) is 3.53. The van der Waals surface area contributed by atoms with E-state index in [0.29, 0.717) is 10.2 Å². The van der Waals surface area contributed by atoms with Gasteiger partial charge in [-0.05, 0) is 6.07 Å². The quantitative estimate of drug-likeness (QED) is 0.897. The second-order valence-corrected chi connectivity index (χ2v) is 3.28. The van der Waals surface area contributed by atoms with Crippen LogP contribution in [-0.2, 0) is 6.54 Å². The van der Waals surface area contributed by atoms with Crippen molar-refractivity contribution in [2.24, 2.45) is 5.73 Å². The molecule has 0 aliphatic heterocycles. The molecule has 1 heterocycles. The number of nitrogens with zero attached hydrogens (tertiary/aromatic N) is 1. The van der Waals surface area contributed by atoms with Gasteiger partial charge in [-0.25, -0.2) is 4.98 Å². The number of pyridine rings is 1. The van der Waals surface area contributed by atoms with Crippen molar-refractivity contribution >= 4 is 15.9 Å². The number of halogens is 4. The Balaban J connectivity index is 2.92. The molecule has 0 amide bonds. The Kier molecular flexibility index (Phi) is 3.33. The van der Waals surface area contributed by atoms with Crippen LogP contribution in [0.25, 0.3) is 0 Å². The molecule has 7 heteroatoms. The molecule has 1 aromatic heterocycles. The highest BCUT2D eigenvalue weighted by Crippen LogP contribution is 2.24. The van der Waals surface area contributed by atoms with E-state index in [1.165, 1.54) is 6.07 Å². The van der Waals surface area contributed by atoms with Crippen LogP contribution in [0.1, 0.15) is 5.69 Å². The molecule has 0 saturated carbocycles. The van der Waals surface area contributed by atoms with Crippen LogP contribution in [0.2, 0.25) is 0 Å². The summed E-state index contributed by atoms with van der Waals surface area (Å²) in [6.07, 6.45) is -4.74. The first-order valence-corrected chi connectivity index (χ1v) is 4.32. The summed E-state index contributed by atoms with van der Waals surface area (Å²) in [4.78, 5) is 3.54. The van der Waals surface area contributed by atoms with E-state index in [-0.39, 0.29) is 6.54 Å². The standard InChI is InChI=1S/C7H6BrF3N2O/c8-4-1-5(3-12)13-6(2-4)14-7(9,10)11/h1-2H,3,12H2. The third-order valence-electron chi connectivity index (χ3n) is 1.25. The molecule has 0 aliphatic carbocycles. The first-order chi connectivity index (χ1) is 6.40. The Bertz CT molecular complexity index is 329. The monoisotopic (exact) mass is 270 g/mol. The number of ether oxygens (including phenoxy) is 1. The number of hydrogen-bond acceptors (Lipinski definition) is 3. The lowest BCUT2D eigenvalue weighted by atomic mass is 10.3. The van der Waals surface area contributed by atoms with Crippen molar-refractivity contribution in [2.45, 2.75) is 12.9 Å². The molecule has 0 aromatic carbocycles. The maximum absolute atomic E-state index is 11.8. The maximum Gasteiger partial charge on any atom is 0.574 e. The second kappa shape index (κ2) is 4.14. The van der Waals surface area contributed by atoms with Gasteiger partial charge >= 0.3 is 6.36 Å². The Morgan fingerprint density at radius 1 is 1.43 bits per heavy atom. The van der Waals surface area contributed by atoms with E-state index < -0.39 is 12.2 Å². The molecule has 0 bridgehead atoms. The van der Waals surface area contributed by atoms with E-state index in [1.54, 1.807) is 0 Å². The molecule has 0 unspecified atom stereocenters. The number of aromatic nitrogens is 1. The molecular formula is C7H6BrF3N2O. The van der Waals surface area contributed by atoms with E-state index in [2.05, 4.69) is 25.7 Å². The minimum Gasteiger partial charge on any atom is -0.388 e. The Labute approximate surface area is 86.2 Å². The summed E-state index contributed by atoms with van der Waals surface area (Å²) in [6, 6.07) is 2.63. The SMILES string of the molecule is NCc1cc(Br)cc(OC(F)(F)F)n1. The van der Waals surface area contributed by atoms with Crippen molar-refractivity contribution in [3.05, 3.63) is 22.3 Å². The lowest BCUT2D eigenvalue weighted by molar-refractivity contribution is -0.276. The fourth-order valence-electron chi connectivity index (χ4n) is 0.800. The number of nitrogens with two attached hydrogens (primary N) is 1. The maximum atomic E-state index is 11.8. The van der Waals surface area contributed by atoms with Gasteiger partial charge in [-0.15, -0.1) is 13.2 Å². The molecule has 14 heavy (non-hydrogen) atoms. The molecule has 0 spiro atoms. The normalized spacial score (nSPS) is 11.5. The summed E-state index contributed by atoms with van der Waals surface area (Å²) < 4.78 is 39.5. The zero-order chi connectivity index (χ0) is 10.8. The van der Waals surface area contributed by atoms with Crippen molar-refractivity contribution in [2.75, 3.05) is 0 Å². The molecule has 0 saturated heterocycles. The molecular weight excluding hydrogens is 265 g/mol. The number of alkyl halides is 3. The number of hydrogen-bond donors (Lipinski definition) is 1. The van der Waals surface area contributed by atoms with E-state index >= 15 is 0 Å². The topological polar surface area (TPSA) is 48.1 Å². The summed E-state index contributed by atoms with van der Waals surface area (Å²) in [6.45, 7) is 0.0493. The largest absolute Gasteiger partial charge is 0.574 e. The zero-order valence-corrected chi connectivity index (χ0v) is 8.39. The van der Waals surface area contributed by atoms with Crippen molar-refractivity contribution < 1.29 is 17.9 Å². The smallest absolute Gasteiger partial charge is 0.388 e. The van der Waals surface area contributed by atoms with Crippen LogP contribution < -0.4 is 10.5 Å². The van der Waals surface area contributed by atoms with E-state index in [4.69, 9.17) is 5.73 Å². The van der Waals surface area contributed by atoms with Crippen molar-refractivity contribution in [3.63, 3.8) is 0 Å². The predicted octanol–water partition coefficient (Wildman–Crippen LogP) is 2.20. The van der Waals surface area contributed by atoms with Gasteiger partial charge in [0.1, 0.15) is 0 Å². The average molecular weight is 271 g/mol. The summed E-state index contributed by atoms with van der Waals surface area (Å²) in [5.74, 6) is -0.521. The van der Waals surface area contributed by atoms with Gasteiger partial charge in [0.05, 0.1) is 5.69 Å². The van der Waals surface area contributed by atoms with Crippen LogP contribution in [0.15, 0.2) is 16.6 Å². The summed E-state index contributed by atoms with van der Waals surface area (Å²) >= 11 is 3.02. The van der Waals surface area contributed by atoms with Gasteiger partial charge < -0.3 is 10.5 Å². The summed E-state index contributed by atoms with van der Waals surface area (Å²) in [5, 5.41) is 0. The van der Waals surface area contributed by atoms with Crippen LogP contribution in [-0.4, -0.2) is 11.3 Å². The van der Waals surface area contributed by atoms with Gasteiger partial charge in [-0.2, -0.15) is 0 Å². The van der Waals surface area contributed by atoms with Gasteiger partial charge in [0.25, 0.3) is 0 Å². The van der Waals surface area contributed by atoms with E-state index in [1.807, 2.05) is 0 Å². The van der Waals surface area contributed by atoms with Crippen molar-refractivity contribution in [1.29, 1.82) is 0 Å². The van der Waals surface area contributed by atoms with Crippen molar-refractivity contribution in [1.82, 2.24) is 4.98 Å². The minimum atomic E-state index is -4.74. The van der Waals surface area contributed by atoms with Crippen LogP contribution in [0.5, 0.6) is 5.88 Å². The van der Waals surface area contributed by atoms with Crippen LogP contribution in [0.3, 0.4) is 0 Å². The van der Waals surface area contributed by atoms with Gasteiger partial charge in [0, 0.05) is 17.1 Å². The molecule has 1 aromatic rings. The van der Waals surface area contributed by atoms with Gasteiger partial charge in [0.15, 0.2) is 0 Å². The fraction of sp³-hybridized carbons (Fsp3) is 0.286. The highest BCUT2D eigenvalue weighted by Gasteiger charge is 2.31. The zero-order valence-electron chi connectivity index (χ0n) is 6.81. The third kappa shape index (κ3) is 3.51. The lowest BCUT2D eigenvalue weighted by Gasteiger charge is -2.08. The molecule has 0 aliphatic rings. The lowest BCUT2D eigenvalue weighted by Crippen LogP contribution is -2.18. The van der Waals surface area contributed by atoms with Gasteiger partial charge in [-0.1, -0.05) is 15.9 Å². The third-order valence-corrected chi connectivity index (χ3v) is 1.71. The van der Waals surface area contributed by atoms with Crippen LogP contribution in [0, 0.1) is 0 Å². The van der Waals surface area contributed by atoms with Gasteiger partial charge in [0.2, 0.25) is 5.88 Å². The molecule has 0 atom stereocenters. The first kappa shape index (κ1) is 11.3. The minimum absolute atomic E-state index is 0.0493. The highest BCUT2D eigenvalue weighted by molar-refractivity contribution is 9.10. The van der Waals surface area contributed by atoms with Crippen molar-refractivity contribution in [3.8, 4) is 5.88 Å². The molecule has 3 nitrogen and oxygen atoms in total. The van der Waals surface area contributed by atoms with Crippen LogP contribution in [0.4, 0.5) is 13.2 Å². The Hall–Kier alpha value is -0.820. The van der Waals surface area contributed by atoms with E-state index in [9.17, 15) is 13.2 Å². The fourth-order valence-corrected chi connectivity index (χ4v) is 1.26. The molecule has 78 valence electrons.